The minimum Gasteiger partial charge on any atom is -0.337 e. The second kappa shape index (κ2) is 5.52. The van der Waals surface area contributed by atoms with Crippen molar-refractivity contribution in [1.82, 2.24) is 24.4 Å². The van der Waals surface area contributed by atoms with Gasteiger partial charge in [-0.25, -0.2) is 0 Å². The maximum Gasteiger partial charge on any atom is 0.231 e. The summed E-state index contributed by atoms with van der Waals surface area (Å²) in [4.78, 5) is 7.54. The zero-order chi connectivity index (χ0) is 15.1. The quantitative estimate of drug-likeness (QED) is 0.844. The first-order valence-corrected chi connectivity index (χ1v) is 8.25. The average molecular weight is 300 g/mol. The van der Waals surface area contributed by atoms with E-state index in [1.54, 1.807) is 0 Å². The van der Waals surface area contributed by atoms with Gasteiger partial charge in [-0.05, 0) is 26.0 Å². The third-order valence-corrected chi connectivity index (χ3v) is 5.04. The van der Waals surface area contributed by atoms with Gasteiger partial charge in [-0.3, -0.25) is 14.2 Å². The van der Waals surface area contributed by atoms with Crippen LogP contribution < -0.4 is 4.90 Å². The molecule has 2 aromatic rings. The molecule has 0 atom stereocenters. The minimum atomic E-state index is 0.669. The van der Waals surface area contributed by atoms with Gasteiger partial charge in [0.05, 0.1) is 0 Å². The first-order valence-electron chi connectivity index (χ1n) is 8.25. The molecule has 2 aromatic heterocycles. The van der Waals surface area contributed by atoms with Gasteiger partial charge in [0.25, 0.3) is 0 Å². The van der Waals surface area contributed by atoms with Gasteiger partial charge in [0.15, 0.2) is 5.65 Å². The Morgan fingerprint density at radius 1 is 1.05 bits per heavy atom. The Balaban J connectivity index is 1.37. The number of aromatic nitrogens is 3. The van der Waals surface area contributed by atoms with Crippen molar-refractivity contribution in [2.75, 3.05) is 44.2 Å². The molecule has 2 saturated heterocycles. The monoisotopic (exact) mass is 300 g/mol. The molecular weight excluding hydrogens is 276 g/mol. The molecule has 6 heteroatoms. The van der Waals surface area contributed by atoms with Crippen molar-refractivity contribution in [3.05, 3.63) is 24.4 Å². The molecule has 2 aliphatic rings. The summed E-state index contributed by atoms with van der Waals surface area (Å²) in [6, 6.07) is 7.37. The summed E-state index contributed by atoms with van der Waals surface area (Å²) in [5.74, 6) is 0.979. The third-order valence-electron chi connectivity index (χ3n) is 5.04. The molecular formula is C16H24N6. The highest BCUT2D eigenvalue weighted by atomic mass is 15.4. The SMILES string of the molecule is CC(C)N1CCN(C2CN(c3nnc4ccccn34)C2)CC1. The summed E-state index contributed by atoms with van der Waals surface area (Å²) in [6.07, 6.45) is 2.04. The molecule has 0 saturated carbocycles. The van der Waals surface area contributed by atoms with E-state index < -0.39 is 0 Å². The van der Waals surface area contributed by atoms with E-state index in [4.69, 9.17) is 0 Å². The van der Waals surface area contributed by atoms with Crippen molar-refractivity contribution in [3.63, 3.8) is 0 Å². The molecule has 4 heterocycles. The van der Waals surface area contributed by atoms with Gasteiger partial charge in [-0.1, -0.05) is 6.07 Å². The van der Waals surface area contributed by atoms with E-state index in [2.05, 4.69) is 43.1 Å². The molecule has 0 N–H and O–H groups in total. The lowest BCUT2D eigenvalue weighted by molar-refractivity contribution is 0.0674. The largest absolute Gasteiger partial charge is 0.337 e. The Hall–Kier alpha value is -1.66. The van der Waals surface area contributed by atoms with Gasteiger partial charge in [0, 0.05) is 57.5 Å². The average Bonchev–Trinajstić information content (AvgIpc) is 2.90. The predicted octanol–water partition coefficient (Wildman–Crippen LogP) is 0.944. The first-order chi connectivity index (χ1) is 10.7. The smallest absolute Gasteiger partial charge is 0.231 e. The molecule has 2 aliphatic heterocycles. The Kier molecular flexibility index (Phi) is 3.50. The highest BCUT2D eigenvalue weighted by Gasteiger charge is 2.35. The van der Waals surface area contributed by atoms with Crippen LogP contribution in [0.15, 0.2) is 24.4 Å². The van der Waals surface area contributed by atoms with Crippen LogP contribution in [0.25, 0.3) is 5.65 Å². The molecule has 0 bridgehead atoms. The van der Waals surface area contributed by atoms with Crippen LogP contribution >= 0.6 is 0 Å². The van der Waals surface area contributed by atoms with Crippen molar-refractivity contribution in [2.45, 2.75) is 25.9 Å². The summed E-state index contributed by atoms with van der Waals surface area (Å²) >= 11 is 0. The minimum absolute atomic E-state index is 0.669. The Labute approximate surface area is 131 Å². The van der Waals surface area contributed by atoms with Crippen LogP contribution in [-0.2, 0) is 0 Å². The molecule has 0 aromatic carbocycles. The topological polar surface area (TPSA) is 39.9 Å². The molecule has 0 radical (unpaired) electrons. The van der Waals surface area contributed by atoms with Crippen molar-refractivity contribution < 1.29 is 0 Å². The summed E-state index contributed by atoms with van der Waals surface area (Å²) < 4.78 is 2.08. The Morgan fingerprint density at radius 2 is 1.82 bits per heavy atom. The zero-order valence-electron chi connectivity index (χ0n) is 13.4. The van der Waals surface area contributed by atoms with Crippen molar-refractivity contribution in [1.29, 1.82) is 0 Å². The summed E-state index contributed by atoms with van der Waals surface area (Å²) in [5, 5.41) is 8.58. The van der Waals surface area contributed by atoms with Crippen LogP contribution in [0.4, 0.5) is 5.95 Å². The zero-order valence-corrected chi connectivity index (χ0v) is 13.4. The number of anilines is 1. The number of hydrogen-bond acceptors (Lipinski definition) is 5. The van der Waals surface area contributed by atoms with E-state index >= 15 is 0 Å². The van der Waals surface area contributed by atoms with E-state index in [1.165, 1.54) is 26.2 Å². The van der Waals surface area contributed by atoms with Gasteiger partial charge >= 0.3 is 0 Å². The highest BCUT2D eigenvalue weighted by molar-refractivity contribution is 5.48. The Bertz CT molecular complexity index is 637. The molecule has 22 heavy (non-hydrogen) atoms. The fourth-order valence-corrected chi connectivity index (χ4v) is 3.51. The normalized spacial score (nSPS) is 21.7. The van der Waals surface area contributed by atoms with Gasteiger partial charge in [0.2, 0.25) is 5.95 Å². The number of pyridine rings is 1. The predicted molar refractivity (Wildman–Crippen MR) is 87.3 cm³/mol. The number of piperazine rings is 1. The van der Waals surface area contributed by atoms with Gasteiger partial charge in [0.1, 0.15) is 0 Å². The standard InChI is InChI=1S/C16H24N6/c1-13(2)19-7-9-20(10-8-19)14-11-21(12-14)16-18-17-15-5-3-4-6-22(15)16/h3-6,13-14H,7-12H2,1-2H3. The molecule has 0 spiro atoms. The number of fused-ring (bicyclic) bond motifs is 1. The van der Waals surface area contributed by atoms with E-state index in [9.17, 15) is 0 Å². The van der Waals surface area contributed by atoms with Crippen LogP contribution in [0, 0.1) is 0 Å². The van der Waals surface area contributed by atoms with Crippen LogP contribution in [0.2, 0.25) is 0 Å². The lowest BCUT2D eigenvalue weighted by Gasteiger charge is -2.48. The third kappa shape index (κ3) is 2.36. The number of hydrogen-bond donors (Lipinski definition) is 0. The van der Waals surface area contributed by atoms with Crippen LogP contribution in [0.3, 0.4) is 0 Å². The fourth-order valence-electron chi connectivity index (χ4n) is 3.51. The van der Waals surface area contributed by atoms with Gasteiger partial charge in [-0.2, -0.15) is 0 Å². The maximum atomic E-state index is 4.34. The summed E-state index contributed by atoms with van der Waals surface area (Å²) in [5.41, 5.74) is 0.923. The summed E-state index contributed by atoms with van der Waals surface area (Å²) in [6.45, 7) is 11.5. The molecule has 0 unspecified atom stereocenters. The molecule has 118 valence electrons. The molecule has 6 nitrogen and oxygen atoms in total. The molecule has 0 amide bonds. The summed E-state index contributed by atoms with van der Waals surface area (Å²) in [7, 11) is 0. The van der Waals surface area contributed by atoms with Gasteiger partial charge in [-0.15, -0.1) is 10.2 Å². The van der Waals surface area contributed by atoms with Crippen LogP contribution in [0.1, 0.15) is 13.8 Å². The molecule has 4 rings (SSSR count). The van der Waals surface area contributed by atoms with Crippen molar-refractivity contribution in [2.24, 2.45) is 0 Å². The first kappa shape index (κ1) is 14.0. The maximum absolute atomic E-state index is 4.34. The fraction of sp³-hybridized carbons (Fsp3) is 0.625. The van der Waals surface area contributed by atoms with Crippen LogP contribution in [-0.4, -0.2) is 75.8 Å². The number of rotatable bonds is 3. The van der Waals surface area contributed by atoms with Crippen molar-refractivity contribution >= 4 is 11.6 Å². The molecule has 2 fully saturated rings. The lowest BCUT2D eigenvalue weighted by Crippen LogP contribution is -2.64. The lowest BCUT2D eigenvalue weighted by atomic mass is 10.1. The second-order valence-electron chi connectivity index (χ2n) is 6.65. The van der Waals surface area contributed by atoms with Crippen molar-refractivity contribution in [3.8, 4) is 0 Å². The van der Waals surface area contributed by atoms with E-state index in [1.807, 2.05) is 24.4 Å². The van der Waals surface area contributed by atoms with E-state index in [0.29, 0.717) is 12.1 Å². The Morgan fingerprint density at radius 3 is 2.55 bits per heavy atom. The second-order valence-corrected chi connectivity index (χ2v) is 6.65. The van der Waals surface area contributed by atoms with E-state index in [0.717, 1.165) is 24.7 Å². The molecule has 0 aliphatic carbocycles. The van der Waals surface area contributed by atoms with Crippen LogP contribution in [0.5, 0.6) is 0 Å². The highest BCUT2D eigenvalue weighted by Crippen LogP contribution is 2.23. The number of nitrogens with zero attached hydrogens (tertiary/aromatic N) is 6. The van der Waals surface area contributed by atoms with E-state index in [-0.39, 0.29) is 0 Å². The van der Waals surface area contributed by atoms with Gasteiger partial charge < -0.3 is 4.90 Å².